The van der Waals surface area contributed by atoms with E-state index in [2.05, 4.69) is 5.32 Å². The van der Waals surface area contributed by atoms with Crippen LogP contribution < -0.4 is 10.9 Å². The molecule has 132 valence electrons. The second-order valence-electron chi connectivity index (χ2n) is 5.56. The van der Waals surface area contributed by atoms with Crippen molar-refractivity contribution in [1.82, 2.24) is 0 Å². The van der Waals surface area contributed by atoms with Gasteiger partial charge in [0.15, 0.2) is 0 Å². The van der Waals surface area contributed by atoms with Crippen LogP contribution in [0.2, 0.25) is 5.02 Å². The van der Waals surface area contributed by atoms with Gasteiger partial charge in [-0.3, -0.25) is 9.59 Å². The molecule has 0 bridgehead atoms. The number of hydrogen-bond donors (Lipinski definition) is 1. The van der Waals surface area contributed by atoms with Gasteiger partial charge >= 0.3 is 11.6 Å². The molecule has 0 radical (unpaired) electrons. The van der Waals surface area contributed by atoms with Gasteiger partial charge in [0.2, 0.25) is 0 Å². The molecule has 26 heavy (non-hydrogen) atoms. The monoisotopic (exact) mass is 371 g/mol. The molecule has 0 aliphatic carbocycles. The Hall–Kier alpha value is -3.12. The average Bonchev–Trinajstić information content (AvgIpc) is 2.59. The predicted octanol–water partition coefficient (Wildman–Crippen LogP) is 3.76. The van der Waals surface area contributed by atoms with E-state index >= 15 is 0 Å². The highest BCUT2D eigenvalue weighted by molar-refractivity contribution is 6.31. The first kappa shape index (κ1) is 17.7. The van der Waals surface area contributed by atoms with E-state index in [1.54, 1.807) is 42.5 Å². The van der Waals surface area contributed by atoms with E-state index in [1.807, 2.05) is 0 Å². The highest BCUT2D eigenvalue weighted by Crippen LogP contribution is 2.19. The molecule has 0 atom stereocenters. The summed E-state index contributed by atoms with van der Waals surface area (Å²) < 4.78 is 10.2. The van der Waals surface area contributed by atoms with E-state index in [4.69, 9.17) is 20.8 Å². The van der Waals surface area contributed by atoms with Gasteiger partial charge in [0.25, 0.3) is 5.91 Å². The molecule has 0 aliphatic heterocycles. The Bertz CT molecular complexity index is 1060. The van der Waals surface area contributed by atoms with Gasteiger partial charge in [-0.15, -0.1) is 0 Å². The van der Waals surface area contributed by atoms with Gasteiger partial charge < -0.3 is 14.5 Å². The van der Waals surface area contributed by atoms with E-state index in [0.29, 0.717) is 27.2 Å². The van der Waals surface area contributed by atoms with Gasteiger partial charge in [0.05, 0.1) is 0 Å². The first-order chi connectivity index (χ1) is 12.4. The van der Waals surface area contributed by atoms with Crippen LogP contribution >= 0.6 is 11.6 Å². The first-order valence-electron chi connectivity index (χ1n) is 7.69. The summed E-state index contributed by atoms with van der Waals surface area (Å²) >= 11 is 5.89. The number of ether oxygens (including phenoxy) is 1. The van der Waals surface area contributed by atoms with Crippen LogP contribution in [0.4, 0.5) is 5.69 Å². The molecular formula is C19H14ClNO5. The molecule has 3 rings (SSSR count). The van der Waals surface area contributed by atoms with E-state index in [9.17, 15) is 14.4 Å². The Morgan fingerprint density at radius 3 is 2.69 bits per heavy atom. The molecule has 0 unspecified atom stereocenters. The Labute approximate surface area is 153 Å². The maximum Gasteiger partial charge on any atom is 0.349 e. The summed E-state index contributed by atoms with van der Waals surface area (Å²) in [7, 11) is 0. The number of carbonyl (C=O) groups excluding carboxylic acids is 2. The molecule has 7 heteroatoms. The normalized spacial score (nSPS) is 10.5. The molecule has 0 fully saturated rings. The summed E-state index contributed by atoms with van der Waals surface area (Å²) in [6, 6.07) is 13.0. The van der Waals surface area contributed by atoms with Crippen LogP contribution in [0.15, 0.2) is 57.7 Å². The number of anilines is 1. The topological polar surface area (TPSA) is 85.6 Å². The number of hydrogen-bond acceptors (Lipinski definition) is 5. The third-order valence-corrected chi connectivity index (χ3v) is 3.80. The number of rotatable bonds is 4. The number of benzene rings is 2. The minimum absolute atomic E-state index is 0.0917. The zero-order valence-electron chi connectivity index (χ0n) is 13.7. The van der Waals surface area contributed by atoms with Crippen molar-refractivity contribution in [3.05, 3.63) is 75.1 Å². The molecule has 0 spiro atoms. The number of nitrogens with one attached hydrogen (secondary N) is 1. The van der Waals surface area contributed by atoms with Gasteiger partial charge in [-0.25, -0.2) is 4.79 Å². The first-order valence-corrected chi connectivity index (χ1v) is 8.07. The van der Waals surface area contributed by atoms with Crippen LogP contribution in [0.1, 0.15) is 22.8 Å². The molecule has 2 aromatic carbocycles. The molecule has 3 aromatic rings. The SMILES string of the molecule is CC(=O)OCc1ccc2oc(=O)c(C(=O)Nc3cccc(Cl)c3)cc2c1. The van der Waals surface area contributed by atoms with Crippen LogP contribution in [-0.2, 0) is 16.1 Å². The van der Waals surface area contributed by atoms with Gasteiger partial charge in [-0.05, 0) is 42.0 Å². The smallest absolute Gasteiger partial charge is 0.349 e. The largest absolute Gasteiger partial charge is 0.461 e. The lowest BCUT2D eigenvalue weighted by molar-refractivity contribution is -0.142. The highest BCUT2D eigenvalue weighted by atomic mass is 35.5. The molecule has 0 aliphatic rings. The molecule has 1 heterocycles. The van der Waals surface area contributed by atoms with Crippen LogP contribution in [0.25, 0.3) is 11.0 Å². The Morgan fingerprint density at radius 1 is 1.15 bits per heavy atom. The third kappa shape index (κ3) is 4.10. The van der Waals surface area contributed by atoms with Crippen molar-refractivity contribution in [3.63, 3.8) is 0 Å². The zero-order chi connectivity index (χ0) is 18.7. The highest BCUT2D eigenvalue weighted by Gasteiger charge is 2.14. The van der Waals surface area contributed by atoms with Crippen molar-refractivity contribution >= 4 is 40.1 Å². The maximum atomic E-state index is 12.4. The van der Waals surface area contributed by atoms with Crippen LogP contribution in [0, 0.1) is 0 Å². The fourth-order valence-corrected chi connectivity index (χ4v) is 2.56. The third-order valence-electron chi connectivity index (χ3n) is 3.57. The van der Waals surface area contributed by atoms with Crippen molar-refractivity contribution in [1.29, 1.82) is 0 Å². The second-order valence-corrected chi connectivity index (χ2v) is 6.00. The molecular weight excluding hydrogens is 358 g/mol. The number of carbonyl (C=O) groups is 2. The van der Waals surface area contributed by atoms with Gasteiger partial charge in [0, 0.05) is 23.0 Å². The summed E-state index contributed by atoms with van der Waals surface area (Å²) in [5.41, 5.74) is 0.626. The van der Waals surface area contributed by atoms with Crippen LogP contribution in [-0.4, -0.2) is 11.9 Å². The zero-order valence-corrected chi connectivity index (χ0v) is 14.5. The summed E-state index contributed by atoms with van der Waals surface area (Å²) in [5.74, 6) is -1.00. The summed E-state index contributed by atoms with van der Waals surface area (Å²) in [6.07, 6.45) is 0. The molecule has 0 saturated heterocycles. The van der Waals surface area contributed by atoms with E-state index in [-0.39, 0.29) is 12.2 Å². The second kappa shape index (κ2) is 7.41. The molecule has 0 saturated carbocycles. The standard InChI is InChI=1S/C19H14ClNO5/c1-11(22)25-10-12-5-6-17-13(7-12)8-16(19(24)26-17)18(23)21-15-4-2-3-14(20)9-15/h2-9H,10H2,1H3,(H,21,23). The predicted molar refractivity (Wildman–Crippen MR) is 97.4 cm³/mol. The fourth-order valence-electron chi connectivity index (χ4n) is 2.37. The van der Waals surface area contributed by atoms with Gasteiger partial charge in [0.1, 0.15) is 17.8 Å². The van der Waals surface area contributed by atoms with Crippen molar-refractivity contribution < 1.29 is 18.7 Å². The van der Waals surface area contributed by atoms with Crippen molar-refractivity contribution in [2.75, 3.05) is 5.32 Å². The Morgan fingerprint density at radius 2 is 1.96 bits per heavy atom. The minimum Gasteiger partial charge on any atom is -0.461 e. The minimum atomic E-state index is -0.746. The van der Waals surface area contributed by atoms with Crippen LogP contribution in [0.3, 0.4) is 0 Å². The lowest BCUT2D eigenvalue weighted by Crippen LogP contribution is -2.20. The number of fused-ring (bicyclic) bond motifs is 1. The molecule has 1 aromatic heterocycles. The quantitative estimate of drug-likeness (QED) is 0.557. The lowest BCUT2D eigenvalue weighted by Gasteiger charge is -2.07. The van der Waals surface area contributed by atoms with E-state index < -0.39 is 17.5 Å². The van der Waals surface area contributed by atoms with Crippen molar-refractivity contribution in [2.45, 2.75) is 13.5 Å². The summed E-state index contributed by atoms with van der Waals surface area (Å²) in [5, 5.41) is 3.61. The maximum absolute atomic E-state index is 12.4. The Kier molecular flexibility index (Phi) is 5.04. The lowest BCUT2D eigenvalue weighted by atomic mass is 10.1. The molecule has 1 N–H and O–H groups in total. The van der Waals surface area contributed by atoms with Crippen LogP contribution in [0.5, 0.6) is 0 Å². The summed E-state index contributed by atoms with van der Waals surface area (Å²) in [6.45, 7) is 1.41. The van der Waals surface area contributed by atoms with E-state index in [0.717, 1.165) is 0 Å². The van der Waals surface area contributed by atoms with Gasteiger partial charge in [-0.2, -0.15) is 0 Å². The number of esters is 1. The fraction of sp³-hybridized carbons (Fsp3) is 0.105. The summed E-state index contributed by atoms with van der Waals surface area (Å²) in [4.78, 5) is 35.4. The van der Waals surface area contributed by atoms with Crippen molar-refractivity contribution in [3.8, 4) is 0 Å². The average molecular weight is 372 g/mol. The number of amides is 1. The van der Waals surface area contributed by atoms with Gasteiger partial charge in [-0.1, -0.05) is 23.7 Å². The van der Waals surface area contributed by atoms with Crippen molar-refractivity contribution in [2.24, 2.45) is 0 Å². The molecule has 6 nitrogen and oxygen atoms in total. The number of halogens is 1. The molecule has 1 amide bonds. The van der Waals surface area contributed by atoms with E-state index in [1.165, 1.54) is 13.0 Å². The Balaban J connectivity index is 1.91.